The molecule has 134 valence electrons. The molecule has 1 atom stereocenters. The number of hydrogen-bond acceptors (Lipinski definition) is 3. The normalized spacial score (nSPS) is 21.0. The predicted molar refractivity (Wildman–Crippen MR) is 98.0 cm³/mol. The van der Waals surface area contributed by atoms with E-state index in [1.165, 1.54) is 10.5 Å². The predicted octanol–water partition coefficient (Wildman–Crippen LogP) is 3.36. The molecule has 5 nitrogen and oxygen atoms in total. The molecule has 0 aromatic heterocycles. The molecule has 2 aromatic carbocycles. The molecule has 0 bridgehead atoms. The molecule has 26 heavy (non-hydrogen) atoms. The zero-order chi connectivity index (χ0) is 18.3. The molecule has 0 spiro atoms. The molecule has 1 saturated heterocycles. The van der Waals surface area contributed by atoms with Gasteiger partial charge in [0.25, 0.3) is 0 Å². The zero-order valence-electron chi connectivity index (χ0n) is 15.0. The average Bonchev–Trinajstić information content (AvgIpc) is 2.63. The lowest BCUT2D eigenvalue weighted by molar-refractivity contribution is -0.141. The Morgan fingerprint density at radius 3 is 2.54 bits per heavy atom. The van der Waals surface area contributed by atoms with Crippen LogP contribution in [0.4, 0.5) is 4.79 Å². The van der Waals surface area contributed by atoms with Crippen LogP contribution in [-0.4, -0.2) is 41.4 Å². The van der Waals surface area contributed by atoms with Crippen molar-refractivity contribution < 1.29 is 14.3 Å². The molecule has 2 heterocycles. The lowest BCUT2D eigenvalue weighted by Crippen LogP contribution is -2.59. The summed E-state index contributed by atoms with van der Waals surface area (Å²) in [6.45, 7) is 5.48. The standard InChI is InChI=1S/C21H22N2O3/c1-21(2)14-23-18(16-10-6-7-11-17(16)21)12-22(13-19(23)24)20(25)26-15-8-4-3-5-9-15/h3-11,18H,12-14H2,1-2H3. The summed E-state index contributed by atoms with van der Waals surface area (Å²) in [6, 6.07) is 17.0. The van der Waals surface area contributed by atoms with Crippen LogP contribution in [0.2, 0.25) is 0 Å². The molecular weight excluding hydrogens is 328 g/mol. The monoisotopic (exact) mass is 350 g/mol. The third kappa shape index (κ3) is 2.83. The number of nitrogens with zero attached hydrogens (tertiary/aromatic N) is 2. The number of carbonyl (C=O) groups excluding carboxylic acids is 2. The number of ether oxygens (including phenoxy) is 1. The van der Waals surface area contributed by atoms with Crippen molar-refractivity contribution >= 4 is 12.0 Å². The van der Waals surface area contributed by atoms with Gasteiger partial charge in [0.15, 0.2) is 0 Å². The van der Waals surface area contributed by atoms with Crippen molar-refractivity contribution in [1.29, 1.82) is 0 Å². The van der Waals surface area contributed by atoms with Gasteiger partial charge in [-0.1, -0.05) is 56.3 Å². The van der Waals surface area contributed by atoms with Crippen LogP contribution in [0.25, 0.3) is 0 Å². The lowest BCUT2D eigenvalue weighted by Gasteiger charge is -2.49. The highest BCUT2D eigenvalue weighted by Crippen LogP contribution is 2.41. The number of carbonyl (C=O) groups is 2. The summed E-state index contributed by atoms with van der Waals surface area (Å²) in [4.78, 5) is 28.7. The molecule has 1 unspecified atom stereocenters. The SMILES string of the molecule is CC1(C)CN2C(=O)CN(C(=O)Oc3ccccc3)CC2c2ccccc21. The van der Waals surface area contributed by atoms with Crippen LogP contribution >= 0.6 is 0 Å². The Labute approximate surface area is 153 Å². The van der Waals surface area contributed by atoms with E-state index >= 15 is 0 Å². The van der Waals surface area contributed by atoms with Gasteiger partial charge in [-0.25, -0.2) is 4.79 Å². The molecule has 2 aromatic rings. The van der Waals surface area contributed by atoms with Crippen molar-refractivity contribution in [3.05, 3.63) is 65.7 Å². The summed E-state index contributed by atoms with van der Waals surface area (Å²) in [5.74, 6) is 0.450. The summed E-state index contributed by atoms with van der Waals surface area (Å²) in [6.07, 6.45) is -0.480. The molecule has 0 N–H and O–H groups in total. The first-order chi connectivity index (χ1) is 12.5. The van der Waals surface area contributed by atoms with Crippen LogP contribution in [0.1, 0.15) is 31.0 Å². The fourth-order valence-electron chi connectivity index (χ4n) is 3.97. The van der Waals surface area contributed by atoms with E-state index in [1.807, 2.05) is 35.2 Å². The summed E-state index contributed by atoms with van der Waals surface area (Å²) in [5, 5.41) is 0. The van der Waals surface area contributed by atoms with Gasteiger partial charge in [-0.05, 0) is 23.3 Å². The van der Waals surface area contributed by atoms with Crippen molar-refractivity contribution in [1.82, 2.24) is 9.80 Å². The Bertz CT molecular complexity index is 847. The van der Waals surface area contributed by atoms with E-state index < -0.39 is 6.09 Å². The smallest absolute Gasteiger partial charge is 0.410 e. The highest BCUT2D eigenvalue weighted by Gasteiger charge is 2.44. The molecular formula is C21H22N2O3. The van der Waals surface area contributed by atoms with E-state index in [1.54, 1.807) is 12.1 Å². The van der Waals surface area contributed by atoms with Gasteiger partial charge in [0.05, 0.1) is 6.04 Å². The largest absolute Gasteiger partial charge is 0.415 e. The summed E-state index contributed by atoms with van der Waals surface area (Å²) in [7, 11) is 0. The molecule has 1 fully saturated rings. The highest BCUT2D eigenvalue weighted by molar-refractivity contribution is 5.85. The van der Waals surface area contributed by atoms with E-state index in [4.69, 9.17) is 4.74 Å². The fraction of sp³-hybridized carbons (Fsp3) is 0.333. The maximum absolute atomic E-state index is 12.8. The van der Waals surface area contributed by atoms with Crippen molar-refractivity contribution in [2.24, 2.45) is 0 Å². The first kappa shape index (κ1) is 16.6. The Balaban J connectivity index is 1.61. The van der Waals surface area contributed by atoms with Crippen molar-refractivity contribution in [2.75, 3.05) is 19.6 Å². The second kappa shape index (κ2) is 6.16. The van der Waals surface area contributed by atoms with Crippen molar-refractivity contribution in [2.45, 2.75) is 25.3 Å². The Hall–Kier alpha value is -2.82. The van der Waals surface area contributed by atoms with Gasteiger partial charge in [-0.3, -0.25) is 9.69 Å². The second-order valence-electron chi connectivity index (χ2n) is 7.57. The molecule has 4 rings (SSSR count). The minimum atomic E-state index is -0.480. The van der Waals surface area contributed by atoms with Crippen LogP contribution < -0.4 is 4.74 Å². The maximum Gasteiger partial charge on any atom is 0.415 e. The third-order valence-corrected chi connectivity index (χ3v) is 5.24. The van der Waals surface area contributed by atoms with Crippen molar-refractivity contribution in [3.8, 4) is 5.75 Å². The quantitative estimate of drug-likeness (QED) is 0.792. The minimum Gasteiger partial charge on any atom is -0.410 e. The molecule has 0 saturated carbocycles. The van der Waals surface area contributed by atoms with E-state index in [0.29, 0.717) is 18.8 Å². The van der Waals surface area contributed by atoms with Gasteiger partial charge in [-0.2, -0.15) is 0 Å². The third-order valence-electron chi connectivity index (χ3n) is 5.24. The average molecular weight is 350 g/mol. The minimum absolute atomic E-state index is 0.0335. The Morgan fingerprint density at radius 1 is 1.08 bits per heavy atom. The summed E-state index contributed by atoms with van der Waals surface area (Å²) >= 11 is 0. The fourth-order valence-corrected chi connectivity index (χ4v) is 3.97. The van der Waals surface area contributed by atoms with Crippen molar-refractivity contribution in [3.63, 3.8) is 0 Å². The van der Waals surface area contributed by atoms with Crippen LogP contribution in [0, 0.1) is 0 Å². The Kier molecular flexibility index (Phi) is 3.94. The van der Waals surface area contributed by atoms with E-state index in [9.17, 15) is 9.59 Å². The number of amides is 2. The summed E-state index contributed by atoms with van der Waals surface area (Å²) in [5.41, 5.74) is 2.26. The van der Waals surface area contributed by atoms with Crippen LogP contribution in [0.3, 0.4) is 0 Å². The number of fused-ring (bicyclic) bond motifs is 3. The van der Waals surface area contributed by atoms with Crippen LogP contribution in [0.15, 0.2) is 54.6 Å². The van der Waals surface area contributed by atoms with Gasteiger partial charge in [0.1, 0.15) is 12.3 Å². The van der Waals surface area contributed by atoms with E-state index in [2.05, 4.69) is 26.0 Å². The lowest BCUT2D eigenvalue weighted by atomic mass is 9.75. The van der Waals surface area contributed by atoms with Gasteiger partial charge in [-0.15, -0.1) is 0 Å². The topological polar surface area (TPSA) is 49.9 Å². The molecule has 2 aliphatic heterocycles. The number of benzene rings is 2. The number of piperazine rings is 1. The molecule has 0 aliphatic carbocycles. The molecule has 0 radical (unpaired) electrons. The molecule has 5 heteroatoms. The van der Waals surface area contributed by atoms with Crippen LogP contribution in [0.5, 0.6) is 5.75 Å². The van der Waals surface area contributed by atoms with E-state index in [-0.39, 0.29) is 23.9 Å². The molecule has 2 aliphatic rings. The Morgan fingerprint density at radius 2 is 1.77 bits per heavy atom. The number of hydrogen-bond donors (Lipinski definition) is 0. The van der Waals surface area contributed by atoms with Gasteiger partial charge < -0.3 is 9.64 Å². The highest BCUT2D eigenvalue weighted by atomic mass is 16.6. The number of para-hydroxylation sites is 1. The zero-order valence-corrected chi connectivity index (χ0v) is 15.0. The molecule has 2 amide bonds. The summed E-state index contributed by atoms with van der Waals surface area (Å²) < 4.78 is 5.43. The number of rotatable bonds is 1. The van der Waals surface area contributed by atoms with Crippen LogP contribution in [-0.2, 0) is 10.2 Å². The van der Waals surface area contributed by atoms with Gasteiger partial charge >= 0.3 is 6.09 Å². The maximum atomic E-state index is 12.8. The first-order valence-electron chi connectivity index (χ1n) is 8.86. The van der Waals surface area contributed by atoms with Gasteiger partial charge in [0.2, 0.25) is 5.91 Å². The van der Waals surface area contributed by atoms with E-state index in [0.717, 1.165) is 5.56 Å². The first-order valence-corrected chi connectivity index (χ1v) is 8.86. The second-order valence-corrected chi connectivity index (χ2v) is 7.57. The van der Waals surface area contributed by atoms with Gasteiger partial charge in [0, 0.05) is 18.5 Å².